The van der Waals surface area contributed by atoms with Gasteiger partial charge in [0.2, 0.25) is 0 Å². The molecule has 0 unspecified atom stereocenters. The third-order valence-electron chi connectivity index (χ3n) is 3.60. The molecular weight excluding hydrogens is 244 g/mol. The van der Waals surface area contributed by atoms with Crippen LogP contribution in [0.3, 0.4) is 0 Å². The van der Waals surface area contributed by atoms with E-state index in [2.05, 4.69) is 36.0 Å². The van der Waals surface area contributed by atoms with Gasteiger partial charge in [-0.15, -0.1) is 0 Å². The van der Waals surface area contributed by atoms with Crippen molar-refractivity contribution in [2.45, 2.75) is 45.3 Å². The molecule has 1 aliphatic carbocycles. The first-order valence-corrected chi connectivity index (χ1v) is 7.06. The molecule has 0 atom stereocenters. The Morgan fingerprint density at radius 3 is 2.83 bits per heavy atom. The van der Waals surface area contributed by atoms with Gasteiger partial charge in [-0.05, 0) is 44.4 Å². The van der Waals surface area contributed by atoms with E-state index in [9.17, 15) is 0 Å². The molecular formula is C15H19ClN2. The Morgan fingerprint density at radius 2 is 2.17 bits per heavy atom. The number of fused-ring (bicyclic) bond motifs is 1. The maximum Gasteiger partial charge on any atom is 0.0503 e. The summed E-state index contributed by atoms with van der Waals surface area (Å²) in [5.74, 6) is 0. The van der Waals surface area contributed by atoms with Gasteiger partial charge in [-0.1, -0.05) is 17.7 Å². The lowest BCUT2D eigenvalue weighted by atomic mass is 10.2. The molecule has 1 heterocycles. The molecule has 0 saturated heterocycles. The highest BCUT2D eigenvalue weighted by molar-refractivity contribution is 6.35. The molecule has 0 radical (unpaired) electrons. The molecule has 3 heteroatoms. The fourth-order valence-corrected chi connectivity index (χ4v) is 2.74. The van der Waals surface area contributed by atoms with Crippen molar-refractivity contribution in [3.8, 4) is 0 Å². The van der Waals surface area contributed by atoms with E-state index in [0.29, 0.717) is 6.04 Å². The Bertz CT molecular complexity index is 567. The van der Waals surface area contributed by atoms with Crippen molar-refractivity contribution < 1.29 is 0 Å². The highest BCUT2D eigenvalue weighted by Gasteiger charge is 2.21. The molecule has 0 aliphatic heterocycles. The summed E-state index contributed by atoms with van der Waals surface area (Å²) in [6.45, 7) is 5.33. The van der Waals surface area contributed by atoms with Crippen molar-refractivity contribution in [3.05, 3.63) is 35.0 Å². The lowest BCUT2D eigenvalue weighted by Crippen LogP contribution is -2.15. The summed E-state index contributed by atoms with van der Waals surface area (Å²) < 4.78 is 2.31. The average Bonchev–Trinajstić information content (AvgIpc) is 3.07. The van der Waals surface area contributed by atoms with Gasteiger partial charge in [-0.25, -0.2) is 0 Å². The van der Waals surface area contributed by atoms with Crippen LogP contribution < -0.4 is 5.32 Å². The molecule has 0 spiro atoms. The normalized spacial score (nSPS) is 15.8. The van der Waals surface area contributed by atoms with Gasteiger partial charge in [-0.2, -0.15) is 0 Å². The quantitative estimate of drug-likeness (QED) is 0.877. The van der Waals surface area contributed by atoms with Crippen LogP contribution in [-0.4, -0.2) is 10.6 Å². The van der Waals surface area contributed by atoms with Crippen LogP contribution in [0.5, 0.6) is 0 Å². The van der Waals surface area contributed by atoms with E-state index in [0.717, 1.165) is 17.6 Å². The topological polar surface area (TPSA) is 17.0 Å². The van der Waals surface area contributed by atoms with Crippen LogP contribution in [0.2, 0.25) is 5.02 Å². The van der Waals surface area contributed by atoms with Crippen LogP contribution in [0, 0.1) is 0 Å². The molecule has 1 fully saturated rings. The van der Waals surface area contributed by atoms with Crippen molar-refractivity contribution in [1.29, 1.82) is 0 Å². The van der Waals surface area contributed by atoms with Crippen molar-refractivity contribution in [1.82, 2.24) is 9.88 Å². The molecule has 2 nitrogen and oxygen atoms in total. The minimum atomic E-state index is 0.459. The average molecular weight is 263 g/mol. The molecule has 0 amide bonds. The van der Waals surface area contributed by atoms with Gasteiger partial charge >= 0.3 is 0 Å². The molecule has 0 bridgehead atoms. The highest BCUT2D eigenvalue weighted by atomic mass is 35.5. The first kappa shape index (κ1) is 12.1. The van der Waals surface area contributed by atoms with E-state index in [1.165, 1.54) is 29.3 Å². The van der Waals surface area contributed by atoms with Crippen molar-refractivity contribution in [3.63, 3.8) is 0 Å². The number of nitrogens with zero attached hydrogens (tertiary/aromatic N) is 1. The summed E-state index contributed by atoms with van der Waals surface area (Å²) in [5.41, 5.74) is 2.56. The third kappa shape index (κ3) is 2.15. The minimum absolute atomic E-state index is 0.459. The van der Waals surface area contributed by atoms with Crippen LogP contribution in [0.15, 0.2) is 24.4 Å². The van der Waals surface area contributed by atoms with Crippen molar-refractivity contribution >= 4 is 22.5 Å². The van der Waals surface area contributed by atoms with Gasteiger partial charge in [0.25, 0.3) is 0 Å². The first-order chi connectivity index (χ1) is 8.66. The Morgan fingerprint density at radius 1 is 1.39 bits per heavy atom. The minimum Gasteiger partial charge on any atom is -0.345 e. The molecule has 96 valence electrons. The van der Waals surface area contributed by atoms with Crippen LogP contribution in [-0.2, 0) is 6.54 Å². The molecule has 1 aromatic heterocycles. The number of hydrogen-bond acceptors (Lipinski definition) is 1. The van der Waals surface area contributed by atoms with E-state index in [1.54, 1.807) is 0 Å². The summed E-state index contributed by atoms with van der Waals surface area (Å²) in [6, 6.07) is 7.35. The number of nitrogens with one attached hydrogen (secondary N) is 1. The number of rotatable bonds is 4. The molecule has 1 aromatic carbocycles. The van der Waals surface area contributed by atoms with Crippen LogP contribution in [0.1, 0.15) is 38.3 Å². The predicted molar refractivity (Wildman–Crippen MR) is 77.2 cm³/mol. The van der Waals surface area contributed by atoms with Crippen LogP contribution >= 0.6 is 11.6 Å². The van der Waals surface area contributed by atoms with E-state index < -0.39 is 0 Å². The molecule has 2 aromatic rings. The lowest BCUT2D eigenvalue weighted by Gasteiger charge is -2.08. The summed E-state index contributed by atoms with van der Waals surface area (Å²) >= 11 is 6.37. The first-order valence-electron chi connectivity index (χ1n) is 6.68. The second-order valence-electron chi connectivity index (χ2n) is 5.44. The second kappa shape index (κ2) is 4.60. The molecule has 1 saturated carbocycles. The Hall–Kier alpha value is -0.990. The van der Waals surface area contributed by atoms with Gasteiger partial charge in [-0.3, -0.25) is 0 Å². The summed E-state index contributed by atoms with van der Waals surface area (Å²) in [5, 5.41) is 5.64. The lowest BCUT2D eigenvalue weighted by molar-refractivity contribution is 0.616. The largest absolute Gasteiger partial charge is 0.345 e. The van der Waals surface area contributed by atoms with E-state index in [1.807, 2.05) is 12.1 Å². The Labute approximate surface area is 113 Å². The number of hydrogen-bond donors (Lipinski definition) is 1. The maximum absolute atomic E-state index is 6.37. The maximum atomic E-state index is 6.37. The zero-order chi connectivity index (χ0) is 12.7. The highest BCUT2D eigenvalue weighted by Crippen LogP contribution is 2.31. The van der Waals surface area contributed by atoms with Gasteiger partial charge < -0.3 is 9.88 Å². The Balaban J connectivity index is 2.05. The fourth-order valence-electron chi connectivity index (χ4n) is 2.45. The second-order valence-corrected chi connectivity index (χ2v) is 5.85. The molecule has 1 aliphatic rings. The monoisotopic (exact) mass is 262 g/mol. The summed E-state index contributed by atoms with van der Waals surface area (Å²) in [4.78, 5) is 0. The number of benzene rings is 1. The van der Waals surface area contributed by atoms with Crippen molar-refractivity contribution in [2.24, 2.45) is 0 Å². The zero-order valence-corrected chi connectivity index (χ0v) is 11.7. The van der Waals surface area contributed by atoms with Gasteiger partial charge in [0.05, 0.1) is 10.5 Å². The van der Waals surface area contributed by atoms with Gasteiger partial charge in [0, 0.05) is 30.2 Å². The van der Waals surface area contributed by atoms with Crippen LogP contribution in [0.25, 0.3) is 10.9 Å². The predicted octanol–water partition coefficient (Wildman–Crippen LogP) is 4.13. The molecule has 18 heavy (non-hydrogen) atoms. The standard InChI is InChI=1S/C15H19ClN2/c1-10(2)18-9-11(8-17-12-6-7-12)15-13(16)4-3-5-14(15)18/h3-5,9-10,12,17H,6-8H2,1-2H3. The van der Waals surface area contributed by atoms with E-state index in [4.69, 9.17) is 11.6 Å². The zero-order valence-electron chi connectivity index (χ0n) is 10.9. The smallest absolute Gasteiger partial charge is 0.0503 e. The molecule has 1 N–H and O–H groups in total. The van der Waals surface area contributed by atoms with Crippen LogP contribution in [0.4, 0.5) is 0 Å². The van der Waals surface area contributed by atoms with Gasteiger partial charge in [0.15, 0.2) is 0 Å². The van der Waals surface area contributed by atoms with Gasteiger partial charge in [0.1, 0.15) is 0 Å². The summed E-state index contributed by atoms with van der Waals surface area (Å²) in [6.07, 6.45) is 4.88. The Kier molecular flexibility index (Phi) is 3.08. The number of aromatic nitrogens is 1. The van der Waals surface area contributed by atoms with E-state index in [-0.39, 0.29) is 0 Å². The summed E-state index contributed by atoms with van der Waals surface area (Å²) in [7, 11) is 0. The fraction of sp³-hybridized carbons (Fsp3) is 0.467. The van der Waals surface area contributed by atoms with E-state index >= 15 is 0 Å². The molecule has 3 rings (SSSR count). The van der Waals surface area contributed by atoms with Crippen molar-refractivity contribution in [2.75, 3.05) is 0 Å². The SMILES string of the molecule is CC(C)n1cc(CNC2CC2)c2c(Cl)cccc21. The third-order valence-corrected chi connectivity index (χ3v) is 3.92. The number of halogens is 1.